The molecule has 0 fully saturated rings. The molecule has 1 heterocycles. The first kappa shape index (κ1) is 20.1. The Morgan fingerprint density at radius 2 is 1.93 bits per heavy atom. The van der Waals surface area contributed by atoms with Gasteiger partial charge in [0.1, 0.15) is 0 Å². The molecule has 1 aromatic heterocycles. The number of urea groups is 1. The van der Waals surface area contributed by atoms with Crippen LogP contribution in [0.2, 0.25) is 0 Å². The van der Waals surface area contributed by atoms with E-state index in [0.717, 1.165) is 47.2 Å². The van der Waals surface area contributed by atoms with E-state index in [0.29, 0.717) is 10.8 Å². The second kappa shape index (κ2) is 8.67. The van der Waals surface area contributed by atoms with Crippen LogP contribution in [0.3, 0.4) is 0 Å². The van der Waals surface area contributed by atoms with E-state index in [1.165, 1.54) is 5.56 Å². The van der Waals surface area contributed by atoms with E-state index in [9.17, 15) is 9.00 Å². The summed E-state index contributed by atoms with van der Waals surface area (Å²) in [5, 5.41) is 2.98. The molecule has 0 radical (unpaired) electrons. The van der Waals surface area contributed by atoms with Crippen molar-refractivity contribution in [2.45, 2.75) is 31.1 Å². The number of pyridine rings is 1. The van der Waals surface area contributed by atoms with Gasteiger partial charge in [0, 0.05) is 17.8 Å². The average Bonchev–Trinajstić information content (AvgIpc) is 3.22. The number of amides is 2. The highest BCUT2D eigenvalue weighted by Gasteiger charge is 2.23. The van der Waals surface area contributed by atoms with E-state index in [1.807, 2.05) is 25.1 Å². The Morgan fingerprint density at radius 3 is 2.70 bits per heavy atom. The third kappa shape index (κ3) is 4.07. The number of carbonyl (C=O) groups excluding carboxylic acids is 1. The number of hydrogen-bond donors (Lipinski definition) is 2. The van der Waals surface area contributed by atoms with Crippen molar-refractivity contribution < 1.29 is 13.7 Å². The van der Waals surface area contributed by atoms with Gasteiger partial charge in [-0.2, -0.15) is 0 Å². The fraction of sp³-hybridized carbons (Fsp3) is 0.217. The zero-order valence-electron chi connectivity index (χ0n) is 16.9. The van der Waals surface area contributed by atoms with Crippen LogP contribution >= 0.6 is 0 Å². The molecule has 2 aromatic carbocycles. The normalized spacial score (nSPS) is 13.4. The Balaban J connectivity index is 1.69. The van der Waals surface area contributed by atoms with Gasteiger partial charge in [0.15, 0.2) is 11.0 Å². The van der Waals surface area contributed by atoms with Gasteiger partial charge in [-0.1, -0.05) is 24.3 Å². The highest BCUT2D eigenvalue weighted by Crippen LogP contribution is 2.40. The summed E-state index contributed by atoms with van der Waals surface area (Å²) >= 11 is 0. The predicted molar refractivity (Wildman–Crippen MR) is 118 cm³/mol. The smallest absolute Gasteiger partial charge is 0.331 e. The maximum Gasteiger partial charge on any atom is 0.331 e. The van der Waals surface area contributed by atoms with Crippen LogP contribution in [0.1, 0.15) is 23.1 Å². The SMILES string of the molecule is COc1cc(-c2c(C)cc3c(c2NC(=O)NS(=O)c2ccccc2)CCC3)ccn1. The number of carbonyl (C=O) groups is 1. The lowest BCUT2D eigenvalue weighted by Crippen LogP contribution is -2.31. The van der Waals surface area contributed by atoms with Crippen molar-refractivity contribution in [2.24, 2.45) is 0 Å². The van der Waals surface area contributed by atoms with Crippen molar-refractivity contribution in [2.75, 3.05) is 12.4 Å². The molecule has 30 heavy (non-hydrogen) atoms. The second-order valence-electron chi connectivity index (χ2n) is 7.16. The second-order valence-corrected chi connectivity index (χ2v) is 8.37. The molecule has 0 saturated carbocycles. The zero-order valence-corrected chi connectivity index (χ0v) is 17.7. The summed E-state index contributed by atoms with van der Waals surface area (Å²) in [5.74, 6) is 0.507. The first-order chi connectivity index (χ1) is 14.6. The molecule has 3 aromatic rings. The molecule has 0 saturated heterocycles. The minimum Gasteiger partial charge on any atom is -0.481 e. The number of benzene rings is 2. The summed E-state index contributed by atoms with van der Waals surface area (Å²) < 4.78 is 20.3. The van der Waals surface area contributed by atoms with Crippen LogP contribution in [0.4, 0.5) is 10.5 Å². The molecular formula is C23H23N3O3S. The lowest BCUT2D eigenvalue weighted by molar-refractivity contribution is 0.257. The van der Waals surface area contributed by atoms with Crippen LogP contribution in [0.25, 0.3) is 11.1 Å². The number of aryl methyl sites for hydroxylation is 2. The first-order valence-corrected chi connectivity index (χ1v) is 10.9. The molecule has 6 nitrogen and oxygen atoms in total. The maximum atomic E-state index is 12.8. The molecule has 1 aliphatic rings. The molecular weight excluding hydrogens is 398 g/mol. The highest BCUT2D eigenvalue weighted by molar-refractivity contribution is 7.83. The monoisotopic (exact) mass is 421 g/mol. The number of hydrogen-bond acceptors (Lipinski definition) is 4. The molecule has 7 heteroatoms. The number of anilines is 1. The lowest BCUT2D eigenvalue weighted by atomic mass is 9.93. The standard InChI is InChI=1S/C23H23N3O3S/c1-15-13-16-7-6-10-19(16)22(21(15)17-11-12-24-20(14-17)29-2)25-23(27)26-30(28)18-8-4-3-5-9-18/h3-5,8-9,11-14H,6-7,10H2,1-2H3,(H2,25,26,27). The Kier molecular flexibility index (Phi) is 5.81. The van der Waals surface area contributed by atoms with Crippen LogP contribution in [0.5, 0.6) is 5.88 Å². The van der Waals surface area contributed by atoms with Crippen molar-refractivity contribution in [1.82, 2.24) is 9.71 Å². The van der Waals surface area contributed by atoms with Gasteiger partial charge in [0.05, 0.1) is 17.7 Å². The van der Waals surface area contributed by atoms with Gasteiger partial charge in [0.25, 0.3) is 0 Å². The van der Waals surface area contributed by atoms with Crippen LogP contribution in [-0.4, -0.2) is 22.3 Å². The van der Waals surface area contributed by atoms with E-state index in [-0.39, 0.29) is 0 Å². The molecule has 1 aliphatic carbocycles. The summed E-state index contributed by atoms with van der Waals surface area (Å²) in [7, 11) is -0.0625. The third-order valence-corrected chi connectivity index (χ3v) is 6.28. The highest BCUT2D eigenvalue weighted by atomic mass is 32.2. The third-order valence-electron chi connectivity index (χ3n) is 5.21. The predicted octanol–water partition coefficient (Wildman–Crippen LogP) is 4.40. The molecule has 1 atom stereocenters. The van der Waals surface area contributed by atoms with Gasteiger partial charge in [0.2, 0.25) is 5.88 Å². The molecule has 4 rings (SSSR count). The molecule has 1 unspecified atom stereocenters. The Labute approximate surface area is 178 Å². The fourth-order valence-electron chi connectivity index (χ4n) is 3.91. The van der Waals surface area contributed by atoms with Crippen molar-refractivity contribution in [3.63, 3.8) is 0 Å². The van der Waals surface area contributed by atoms with Crippen LogP contribution in [0, 0.1) is 6.92 Å². The summed E-state index contributed by atoms with van der Waals surface area (Å²) in [4.78, 5) is 17.5. The molecule has 2 N–H and O–H groups in total. The van der Waals surface area contributed by atoms with Crippen LogP contribution in [0.15, 0.2) is 59.6 Å². The van der Waals surface area contributed by atoms with Gasteiger partial charge in [-0.25, -0.2) is 14.0 Å². The number of rotatable bonds is 5. The van der Waals surface area contributed by atoms with Gasteiger partial charge in [-0.05, 0) is 66.6 Å². The quantitative estimate of drug-likeness (QED) is 0.640. The van der Waals surface area contributed by atoms with Gasteiger partial charge in [-0.15, -0.1) is 0 Å². The molecule has 0 bridgehead atoms. The topological polar surface area (TPSA) is 80.3 Å². The largest absolute Gasteiger partial charge is 0.481 e. The summed E-state index contributed by atoms with van der Waals surface area (Å²) in [6, 6.07) is 14.3. The van der Waals surface area contributed by atoms with Crippen LogP contribution < -0.4 is 14.8 Å². The molecule has 154 valence electrons. The minimum atomic E-state index is -1.64. The minimum absolute atomic E-state index is 0.501. The van der Waals surface area contributed by atoms with E-state index in [4.69, 9.17) is 4.74 Å². The number of ether oxygens (including phenoxy) is 1. The molecule has 0 spiro atoms. The van der Waals surface area contributed by atoms with Crippen molar-refractivity contribution >= 4 is 22.7 Å². The van der Waals surface area contributed by atoms with E-state index in [1.54, 1.807) is 37.6 Å². The molecule has 2 amide bonds. The first-order valence-electron chi connectivity index (χ1n) is 9.77. The maximum absolute atomic E-state index is 12.8. The van der Waals surface area contributed by atoms with Gasteiger partial charge >= 0.3 is 6.03 Å². The molecule has 0 aliphatic heterocycles. The number of aromatic nitrogens is 1. The summed E-state index contributed by atoms with van der Waals surface area (Å²) in [6.45, 7) is 2.03. The lowest BCUT2D eigenvalue weighted by Gasteiger charge is -2.19. The zero-order chi connectivity index (χ0) is 21.1. The van der Waals surface area contributed by atoms with E-state index in [2.05, 4.69) is 21.1 Å². The Hall–Kier alpha value is -3.19. The van der Waals surface area contributed by atoms with Crippen molar-refractivity contribution in [1.29, 1.82) is 0 Å². The Morgan fingerprint density at radius 1 is 1.13 bits per heavy atom. The number of methoxy groups -OCH3 is 1. The average molecular weight is 422 g/mol. The number of fused-ring (bicyclic) bond motifs is 1. The van der Waals surface area contributed by atoms with E-state index < -0.39 is 17.0 Å². The van der Waals surface area contributed by atoms with Crippen LogP contribution in [-0.2, 0) is 23.8 Å². The fourth-order valence-corrected chi connectivity index (χ4v) is 4.65. The number of nitrogens with one attached hydrogen (secondary N) is 2. The summed E-state index contributed by atoms with van der Waals surface area (Å²) in [5.41, 5.74) is 6.04. The van der Waals surface area contributed by atoms with Gasteiger partial charge in [-0.3, -0.25) is 4.72 Å². The van der Waals surface area contributed by atoms with Crippen molar-refractivity contribution in [3.8, 4) is 17.0 Å². The van der Waals surface area contributed by atoms with E-state index >= 15 is 0 Å². The van der Waals surface area contributed by atoms with Gasteiger partial charge < -0.3 is 10.1 Å². The van der Waals surface area contributed by atoms with Crippen molar-refractivity contribution in [3.05, 3.63) is 71.4 Å². The summed E-state index contributed by atoms with van der Waals surface area (Å²) in [6.07, 6.45) is 4.61. The number of nitrogens with zero attached hydrogens (tertiary/aromatic N) is 1. The Bertz CT molecular complexity index is 1120.